The molecule has 1 unspecified atom stereocenters. The minimum Gasteiger partial charge on any atom is -0.497 e. The Balaban J connectivity index is 1.25. The molecular weight excluding hydrogens is 470 g/mol. The quantitative estimate of drug-likeness (QED) is 0.387. The van der Waals surface area contributed by atoms with Gasteiger partial charge in [0.05, 0.1) is 20.3 Å². The van der Waals surface area contributed by atoms with Gasteiger partial charge in [0.1, 0.15) is 11.5 Å². The number of benzene rings is 3. The molecule has 2 heterocycles. The molecule has 0 N–H and O–H groups in total. The van der Waals surface area contributed by atoms with Gasteiger partial charge >= 0.3 is 0 Å². The second-order valence-electron chi connectivity index (χ2n) is 11.0. The van der Waals surface area contributed by atoms with E-state index >= 15 is 0 Å². The van der Waals surface area contributed by atoms with Crippen molar-refractivity contribution >= 4 is 11.4 Å². The van der Waals surface area contributed by atoms with E-state index in [1.165, 1.54) is 73.3 Å². The topological polar surface area (TPSA) is 28.2 Å². The highest BCUT2D eigenvalue weighted by molar-refractivity contribution is 5.60. The van der Waals surface area contributed by atoms with Gasteiger partial charge < -0.3 is 19.3 Å². The minimum absolute atomic E-state index is 0.147. The molecular formula is C33H41N3O2. The van der Waals surface area contributed by atoms with Crippen LogP contribution in [0.3, 0.4) is 0 Å². The number of hydrogen-bond acceptors (Lipinski definition) is 5. The Morgan fingerprint density at radius 2 is 1.42 bits per heavy atom. The summed E-state index contributed by atoms with van der Waals surface area (Å²) in [5.41, 5.74) is 6.59. The van der Waals surface area contributed by atoms with Gasteiger partial charge in [0.25, 0.3) is 0 Å². The third kappa shape index (κ3) is 5.09. The zero-order chi connectivity index (χ0) is 25.9. The van der Waals surface area contributed by atoms with Gasteiger partial charge in [0.2, 0.25) is 0 Å². The van der Waals surface area contributed by atoms with Crippen molar-refractivity contribution in [2.24, 2.45) is 0 Å². The van der Waals surface area contributed by atoms with E-state index in [-0.39, 0.29) is 6.04 Å². The zero-order valence-corrected chi connectivity index (χ0v) is 22.9. The van der Waals surface area contributed by atoms with E-state index in [1.807, 2.05) is 6.07 Å². The lowest BCUT2D eigenvalue weighted by atomic mass is 9.87. The summed E-state index contributed by atoms with van der Waals surface area (Å²) in [6.45, 7) is 5.57. The number of piperazine rings is 1. The monoisotopic (exact) mass is 511 g/mol. The molecule has 1 saturated carbocycles. The van der Waals surface area contributed by atoms with Crippen molar-refractivity contribution in [1.82, 2.24) is 4.90 Å². The van der Waals surface area contributed by atoms with E-state index in [4.69, 9.17) is 9.47 Å². The van der Waals surface area contributed by atoms with Crippen molar-refractivity contribution in [3.63, 3.8) is 0 Å². The van der Waals surface area contributed by atoms with Crippen molar-refractivity contribution < 1.29 is 9.47 Å². The summed E-state index contributed by atoms with van der Waals surface area (Å²) in [5.74, 6) is 1.82. The van der Waals surface area contributed by atoms with Crippen molar-refractivity contribution in [1.29, 1.82) is 0 Å². The first-order valence-electron chi connectivity index (χ1n) is 14.4. The molecule has 3 aromatic carbocycles. The fourth-order valence-electron chi connectivity index (χ4n) is 6.82. The van der Waals surface area contributed by atoms with Gasteiger partial charge in [-0.3, -0.25) is 4.90 Å². The number of hydrogen-bond donors (Lipinski definition) is 0. The Labute approximate surface area is 228 Å². The third-order valence-corrected chi connectivity index (χ3v) is 8.94. The van der Waals surface area contributed by atoms with E-state index in [9.17, 15) is 0 Å². The van der Waals surface area contributed by atoms with Gasteiger partial charge in [-0.05, 0) is 72.4 Å². The van der Waals surface area contributed by atoms with Gasteiger partial charge in [-0.25, -0.2) is 0 Å². The smallest absolute Gasteiger partial charge is 0.120 e. The third-order valence-electron chi connectivity index (χ3n) is 8.94. The van der Waals surface area contributed by atoms with E-state index in [0.717, 1.165) is 43.6 Å². The van der Waals surface area contributed by atoms with Crippen molar-refractivity contribution in [2.45, 2.75) is 50.6 Å². The SMILES string of the molecule is COc1cccc(N2CCc3cc(OC)ccc3C2c2ccc(N3CCN(C4CCCCC4)CC3)cc2)c1. The van der Waals surface area contributed by atoms with Crippen molar-refractivity contribution in [3.8, 4) is 11.5 Å². The first-order valence-corrected chi connectivity index (χ1v) is 14.4. The summed E-state index contributed by atoms with van der Waals surface area (Å²) in [6.07, 6.45) is 8.04. The summed E-state index contributed by atoms with van der Waals surface area (Å²) >= 11 is 0. The molecule has 0 amide bonds. The maximum Gasteiger partial charge on any atom is 0.120 e. The first kappa shape index (κ1) is 25.1. The van der Waals surface area contributed by atoms with Crippen LogP contribution < -0.4 is 19.3 Å². The lowest BCUT2D eigenvalue weighted by molar-refractivity contribution is 0.148. The Kier molecular flexibility index (Phi) is 7.46. The van der Waals surface area contributed by atoms with Crippen LogP contribution in [0.1, 0.15) is 54.8 Å². The molecule has 0 bridgehead atoms. The van der Waals surface area contributed by atoms with Crippen LogP contribution >= 0.6 is 0 Å². The van der Waals surface area contributed by atoms with Crippen LogP contribution in [-0.2, 0) is 6.42 Å². The van der Waals surface area contributed by atoms with Crippen LogP contribution in [0.2, 0.25) is 0 Å². The molecule has 2 fully saturated rings. The molecule has 0 aromatic heterocycles. The highest BCUT2D eigenvalue weighted by Crippen LogP contribution is 2.40. The van der Waals surface area contributed by atoms with Gasteiger partial charge in [0, 0.05) is 56.2 Å². The summed E-state index contributed by atoms with van der Waals surface area (Å²) < 4.78 is 11.1. The number of nitrogens with zero attached hydrogens (tertiary/aromatic N) is 3. The lowest BCUT2D eigenvalue weighted by Crippen LogP contribution is -2.50. The number of rotatable bonds is 6. The summed E-state index contributed by atoms with van der Waals surface area (Å²) in [4.78, 5) is 7.85. The van der Waals surface area contributed by atoms with Crippen molar-refractivity contribution in [3.05, 3.63) is 83.4 Å². The Morgan fingerprint density at radius 3 is 2.16 bits per heavy atom. The van der Waals surface area contributed by atoms with E-state index < -0.39 is 0 Å². The number of ether oxygens (including phenoxy) is 2. The maximum absolute atomic E-state index is 5.56. The molecule has 0 spiro atoms. The van der Waals surface area contributed by atoms with Crippen LogP contribution in [0, 0.1) is 0 Å². The number of anilines is 2. The highest BCUT2D eigenvalue weighted by Gasteiger charge is 2.30. The number of fused-ring (bicyclic) bond motifs is 1. The predicted octanol–water partition coefficient (Wildman–Crippen LogP) is 6.31. The van der Waals surface area contributed by atoms with Gasteiger partial charge in [-0.15, -0.1) is 0 Å². The normalized spacial score (nSPS) is 20.7. The molecule has 0 radical (unpaired) electrons. The molecule has 3 aliphatic rings. The lowest BCUT2D eigenvalue weighted by Gasteiger charge is -2.42. The first-order chi connectivity index (χ1) is 18.7. The largest absolute Gasteiger partial charge is 0.497 e. The molecule has 5 heteroatoms. The van der Waals surface area contributed by atoms with E-state index in [1.54, 1.807) is 14.2 Å². The minimum atomic E-state index is 0.147. The summed E-state index contributed by atoms with van der Waals surface area (Å²) in [6, 6.07) is 25.4. The van der Waals surface area contributed by atoms with Crippen molar-refractivity contribution in [2.75, 3.05) is 56.7 Å². The fourth-order valence-corrected chi connectivity index (χ4v) is 6.82. The molecule has 200 valence electrons. The second kappa shape index (κ2) is 11.3. The Morgan fingerprint density at radius 1 is 0.684 bits per heavy atom. The average Bonchev–Trinajstić information content (AvgIpc) is 3.01. The Bertz CT molecular complexity index is 1210. The predicted molar refractivity (Wildman–Crippen MR) is 156 cm³/mol. The fraction of sp³-hybridized carbons (Fsp3) is 0.455. The van der Waals surface area contributed by atoms with E-state index in [0.29, 0.717) is 0 Å². The second-order valence-corrected chi connectivity index (χ2v) is 11.0. The van der Waals surface area contributed by atoms with Crippen LogP contribution in [0.25, 0.3) is 0 Å². The molecule has 1 saturated heterocycles. The van der Waals surface area contributed by atoms with Gasteiger partial charge in [0.15, 0.2) is 0 Å². The molecule has 38 heavy (non-hydrogen) atoms. The molecule has 3 aromatic rings. The maximum atomic E-state index is 5.56. The summed E-state index contributed by atoms with van der Waals surface area (Å²) in [5, 5.41) is 0. The molecule has 1 aliphatic carbocycles. The number of methoxy groups -OCH3 is 2. The average molecular weight is 512 g/mol. The standard InChI is InChI=1S/C33H41N3O2/c1-37-30-10-6-9-29(24-30)36-18-17-26-23-31(38-2)15-16-32(26)33(36)25-11-13-28(14-12-25)35-21-19-34(20-22-35)27-7-4-3-5-8-27/h6,9-16,23-24,27,33H,3-5,7-8,17-22H2,1-2H3. The van der Waals surface area contributed by atoms with Gasteiger partial charge in [-0.2, -0.15) is 0 Å². The van der Waals surface area contributed by atoms with Gasteiger partial charge in [-0.1, -0.05) is 43.5 Å². The molecule has 2 aliphatic heterocycles. The van der Waals surface area contributed by atoms with Crippen LogP contribution in [0.5, 0.6) is 11.5 Å². The highest BCUT2D eigenvalue weighted by atomic mass is 16.5. The zero-order valence-electron chi connectivity index (χ0n) is 22.9. The van der Waals surface area contributed by atoms with Crippen LogP contribution in [0.4, 0.5) is 11.4 Å². The molecule has 6 rings (SSSR count). The molecule has 5 nitrogen and oxygen atoms in total. The molecule has 1 atom stereocenters. The summed E-state index contributed by atoms with van der Waals surface area (Å²) in [7, 11) is 3.49. The Hall–Kier alpha value is -3.18. The van der Waals surface area contributed by atoms with Crippen LogP contribution in [-0.4, -0.2) is 57.9 Å². The van der Waals surface area contributed by atoms with Crippen LogP contribution in [0.15, 0.2) is 66.7 Å². The van der Waals surface area contributed by atoms with E-state index in [2.05, 4.69) is 75.4 Å².